The average Bonchev–Trinajstić information content (AvgIpc) is 3.46. The van der Waals surface area contributed by atoms with Crippen LogP contribution in [-0.2, 0) is 23.2 Å². The number of carbonyl (C=O) groups is 1. The Labute approximate surface area is 175 Å². The summed E-state index contributed by atoms with van der Waals surface area (Å²) in [5, 5.41) is 19.6. The standard InChI is InChI=1S/C21H17F3N6O/c22-21(23,24)20(7-8-20)16-4-1-14(2-5-16)9-19(31)28-18-12-27-30(29-18)13-17-6-3-15(10-25)11-26-17/h1-6,11-12H,7-9,13H2,(H,28,29,31). The summed E-state index contributed by atoms with van der Waals surface area (Å²) in [7, 11) is 0. The number of benzene rings is 1. The molecule has 2 aromatic heterocycles. The lowest BCUT2D eigenvalue weighted by Gasteiger charge is -2.19. The first kappa shape index (κ1) is 20.5. The van der Waals surface area contributed by atoms with Gasteiger partial charge in [-0.25, -0.2) is 0 Å². The molecule has 4 rings (SSSR count). The van der Waals surface area contributed by atoms with Gasteiger partial charge < -0.3 is 5.32 Å². The van der Waals surface area contributed by atoms with Crippen molar-refractivity contribution in [2.24, 2.45) is 0 Å². The number of alkyl halides is 3. The molecular weight excluding hydrogens is 409 g/mol. The van der Waals surface area contributed by atoms with E-state index >= 15 is 0 Å². The second-order valence-electron chi connectivity index (χ2n) is 7.41. The summed E-state index contributed by atoms with van der Waals surface area (Å²) in [6.07, 6.45) is -1.21. The molecule has 3 aromatic rings. The highest BCUT2D eigenvalue weighted by Gasteiger charge is 2.64. The zero-order chi connectivity index (χ0) is 22.1. The topological polar surface area (TPSA) is 96.5 Å². The van der Waals surface area contributed by atoms with Crippen LogP contribution in [0.15, 0.2) is 48.8 Å². The second kappa shape index (κ2) is 7.83. The van der Waals surface area contributed by atoms with E-state index in [4.69, 9.17) is 5.26 Å². The Balaban J connectivity index is 1.33. The van der Waals surface area contributed by atoms with E-state index in [1.807, 2.05) is 6.07 Å². The van der Waals surface area contributed by atoms with E-state index in [0.29, 0.717) is 16.8 Å². The Morgan fingerprint density at radius 2 is 1.90 bits per heavy atom. The molecule has 1 amide bonds. The highest BCUT2D eigenvalue weighted by molar-refractivity contribution is 5.91. The van der Waals surface area contributed by atoms with Crippen molar-refractivity contribution in [2.45, 2.75) is 37.4 Å². The van der Waals surface area contributed by atoms with Crippen molar-refractivity contribution in [3.05, 3.63) is 71.2 Å². The number of amides is 1. The normalized spacial score (nSPS) is 14.6. The van der Waals surface area contributed by atoms with Gasteiger partial charge in [-0.05, 0) is 36.1 Å². The fraction of sp³-hybridized carbons (Fsp3) is 0.286. The van der Waals surface area contributed by atoms with E-state index in [0.717, 1.165) is 0 Å². The van der Waals surface area contributed by atoms with Gasteiger partial charge >= 0.3 is 6.18 Å². The maximum atomic E-state index is 13.2. The van der Waals surface area contributed by atoms with Gasteiger partial charge in [-0.2, -0.15) is 28.3 Å². The SMILES string of the molecule is N#Cc1ccc(Cn2ncc(NC(=O)Cc3ccc(C4(C(F)(F)F)CC4)cc3)n2)nc1. The minimum Gasteiger partial charge on any atom is -0.308 e. The molecule has 1 fully saturated rings. The monoisotopic (exact) mass is 426 g/mol. The molecule has 2 heterocycles. The molecule has 1 N–H and O–H groups in total. The lowest BCUT2D eigenvalue weighted by atomic mass is 9.94. The molecule has 0 unspecified atom stereocenters. The van der Waals surface area contributed by atoms with Gasteiger partial charge in [0.15, 0.2) is 5.82 Å². The van der Waals surface area contributed by atoms with Gasteiger partial charge in [0.1, 0.15) is 12.6 Å². The van der Waals surface area contributed by atoms with Crippen LogP contribution in [0.5, 0.6) is 0 Å². The van der Waals surface area contributed by atoms with Crippen LogP contribution in [0.4, 0.5) is 19.0 Å². The Hall–Kier alpha value is -3.74. The summed E-state index contributed by atoms with van der Waals surface area (Å²) in [5.41, 5.74) is 0.219. The first-order valence-corrected chi connectivity index (χ1v) is 9.50. The van der Waals surface area contributed by atoms with Crippen LogP contribution in [0.1, 0.15) is 35.2 Å². The third-order valence-corrected chi connectivity index (χ3v) is 5.23. The van der Waals surface area contributed by atoms with Crippen LogP contribution in [0.2, 0.25) is 0 Å². The number of hydrogen-bond donors (Lipinski definition) is 1. The van der Waals surface area contributed by atoms with Crippen LogP contribution in [0.3, 0.4) is 0 Å². The minimum atomic E-state index is -4.26. The highest BCUT2D eigenvalue weighted by atomic mass is 19.4. The van der Waals surface area contributed by atoms with Crippen LogP contribution in [0, 0.1) is 11.3 Å². The summed E-state index contributed by atoms with van der Waals surface area (Å²) < 4.78 is 39.6. The van der Waals surface area contributed by atoms with E-state index in [1.54, 1.807) is 24.3 Å². The second-order valence-corrected chi connectivity index (χ2v) is 7.41. The zero-order valence-electron chi connectivity index (χ0n) is 16.2. The van der Waals surface area contributed by atoms with Gasteiger partial charge in [-0.1, -0.05) is 24.3 Å². The van der Waals surface area contributed by atoms with E-state index in [-0.39, 0.29) is 43.1 Å². The summed E-state index contributed by atoms with van der Waals surface area (Å²) >= 11 is 0. The fourth-order valence-electron chi connectivity index (χ4n) is 3.33. The smallest absolute Gasteiger partial charge is 0.308 e. The largest absolute Gasteiger partial charge is 0.398 e. The molecule has 0 radical (unpaired) electrons. The molecule has 1 aromatic carbocycles. The molecule has 10 heteroatoms. The van der Waals surface area contributed by atoms with E-state index in [9.17, 15) is 18.0 Å². The van der Waals surface area contributed by atoms with E-state index in [1.165, 1.54) is 29.3 Å². The third-order valence-electron chi connectivity index (χ3n) is 5.23. The number of carbonyl (C=O) groups excluding carboxylic acids is 1. The zero-order valence-corrected chi connectivity index (χ0v) is 16.2. The molecule has 0 bridgehead atoms. The van der Waals surface area contributed by atoms with Crippen LogP contribution in [-0.4, -0.2) is 32.1 Å². The van der Waals surface area contributed by atoms with Crippen molar-refractivity contribution in [2.75, 3.05) is 5.32 Å². The predicted octanol–water partition coefficient (Wildman–Crippen LogP) is 3.37. The van der Waals surface area contributed by atoms with Crippen molar-refractivity contribution in [1.29, 1.82) is 5.26 Å². The quantitative estimate of drug-likeness (QED) is 0.652. The number of rotatable bonds is 6. The van der Waals surface area contributed by atoms with Crippen molar-refractivity contribution in [3.63, 3.8) is 0 Å². The van der Waals surface area contributed by atoms with Crippen molar-refractivity contribution in [3.8, 4) is 6.07 Å². The molecule has 1 aliphatic rings. The van der Waals surface area contributed by atoms with Crippen molar-refractivity contribution in [1.82, 2.24) is 20.0 Å². The number of nitrogens with one attached hydrogen (secondary N) is 1. The number of halogens is 3. The van der Waals surface area contributed by atoms with E-state index < -0.39 is 11.6 Å². The first-order chi connectivity index (χ1) is 14.8. The van der Waals surface area contributed by atoms with Gasteiger partial charge in [0, 0.05) is 6.20 Å². The Kier molecular flexibility index (Phi) is 5.19. The molecule has 7 nitrogen and oxygen atoms in total. The van der Waals surface area contributed by atoms with Crippen LogP contribution >= 0.6 is 0 Å². The molecule has 0 atom stereocenters. The van der Waals surface area contributed by atoms with E-state index in [2.05, 4.69) is 20.5 Å². The van der Waals surface area contributed by atoms with Gasteiger partial charge in [-0.3, -0.25) is 9.78 Å². The number of pyridine rings is 1. The Morgan fingerprint density at radius 1 is 1.16 bits per heavy atom. The molecule has 0 aliphatic heterocycles. The molecule has 0 saturated heterocycles. The maximum absolute atomic E-state index is 13.2. The molecule has 1 saturated carbocycles. The summed E-state index contributed by atoms with van der Waals surface area (Å²) in [6.45, 7) is 0.268. The van der Waals surface area contributed by atoms with Crippen molar-refractivity contribution >= 4 is 11.7 Å². The molecule has 31 heavy (non-hydrogen) atoms. The van der Waals surface area contributed by atoms with Gasteiger partial charge in [0.05, 0.1) is 29.3 Å². The first-order valence-electron chi connectivity index (χ1n) is 9.50. The van der Waals surface area contributed by atoms with Gasteiger partial charge in [0.2, 0.25) is 5.91 Å². The molecular formula is C21H17F3N6O. The molecule has 0 spiro atoms. The van der Waals surface area contributed by atoms with Gasteiger partial charge in [0.25, 0.3) is 0 Å². The third kappa shape index (κ3) is 4.40. The number of anilines is 1. The minimum absolute atomic E-state index is 0.00331. The number of hydrogen-bond acceptors (Lipinski definition) is 5. The number of aromatic nitrogens is 4. The lowest BCUT2D eigenvalue weighted by molar-refractivity contribution is -0.160. The van der Waals surface area contributed by atoms with Crippen LogP contribution in [0.25, 0.3) is 0 Å². The van der Waals surface area contributed by atoms with Crippen molar-refractivity contribution < 1.29 is 18.0 Å². The highest BCUT2D eigenvalue weighted by Crippen LogP contribution is 2.58. The predicted molar refractivity (Wildman–Crippen MR) is 104 cm³/mol. The fourth-order valence-corrected chi connectivity index (χ4v) is 3.33. The van der Waals surface area contributed by atoms with Gasteiger partial charge in [-0.15, -0.1) is 5.10 Å². The number of nitriles is 1. The molecule has 158 valence electrons. The molecule has 1 aliphatic carbocycles. The Bertz CT molecular complexity index is 1130. The van der Waals surface area contributed by atoms with Crippen LogP contribution < -0.4 is 5.32 Å². The number of nitrogens with zero attached hydrogens (tertiary/aromatic N) is 5. The lowest BCUT2D eigenvalue weighted by Crippen LogP contribution is -2.28. The average molecular weight is 426 g/mol. The summed E-state index contributed by atoms with van der Waals surface area (Å²) in [5.74, 6) is -0.0995. The summed E-state index contributed by atoms with van der Waals surface area (Å²) in [6, 6.07) is 11.3. The summed E-state index contributed by atoms with van der Waals surface area (Å²) in [4.78, 5) is 17.7. The Morgan fingerprint density at radius 3 is 2.48 bits per heavy atom. The maximum Gasteiger partial charge on any atom is 0.398 e.